The number of benzene rings is 2. The van der Waals surface area contributed by atoms with Crippen molar-refractivity contribution in [3.63, 3.8) is 0 Å². The molecule has 1 N–H and O–H groups in total. The van der Waals surface area contributed by atoms with Gasteiger partial charge in [0.25, 0.3) is 0 Å². The number of rotatable bonds is 4. The lowest BCUT2D eigenvalue weighted by Gasteiger charge is -2.09. The predicted molar refractivity (Wildman–Crippen MR) is 95.2 cm³/mol. The summed E-state index contributed by atoms with van der Waals surface area (Å²) in [7, 11) is 0. The molecule has 3 rings (SSSR count). The molecule has 134 valence electrons. The van der Waals surface area contributed by atoms with E-state index in [1.165, 1.54) is 11.3 Å². The Labute approximate surface area is 155 Å². The summed E-state index contributed by atoms with van der Waals surface area (Å²) in [6.45, 7) is 0. The van der Waals surface area contributed by atoms with Crippen molar-refractivity contribution < 1.29 is 17.6 Å². The van der Waals surface area contributed by atoms with Gasteiger partial charge in [0.2, 0.25) is 5.13 Å². The van der Waals surface area contributed by atoms with Crippen LogP contribution in [-0.4, -0.2) is 11.2 Å². The van der Waals surface area contributed by atoms with Crippen LogP contribution in [0.3, 0.4) is 0 Å². The number of halogens is 5. The van der Waals surface area contributed by atoms with Crippen LogP contribution in [0.4, 0.5) is 22.7 Å². The van der Waals surface area contributed by atoms with E-state index in [1.54, 1.807) is 0 Å². The summed E-state index contributed by atoms with van der Waals surface area (Å²) in [4.78, 5) is 4.33. The lowest BCUT2D eigenvalue weighted by Crippen LogP contribution is -2.09. The second kappa shape index (κ2) is 7.43. The van der Waals surface area contributed by atoms with Gasteiger partial charge in [0, 0.05) is 10.9 Å². The summed E-state index contributed by atoms with van der Waals surface area (Å²) >= 11 is 6.82. The summed E-state index contributed by atoms with van der Waals surface area (Å²) in [5.41, 5.74) is 2.89. The summed E-state index contributed by atoms with van der Waals surface area (Å²) in [6, 6.07) is 11.2. The first-order valence-corrected chi connectivity index (χ1v) is 8.46. The van der Waals surface area contributed by atoms with Crippen LogP contribution in [0, 0.1) is 5.82 Å². The first-order valence-electron chi connectivity index (χ1n) is 7.21. The molecule has 0 amide bonds. The van der Waals surface area contributed by atoms with Crippen LogP contribution in [0.1, 0.15) is 11.1 Å². The monoisotopic (exact) mass is 399 g/mol. The van der Waals surface area contributed by atoms with Crippen molar-refractivity contribution >= 4 is 34.3 Å². The van der Waals surface area contributed by atoms with Crippen LogP contribution in [0.5, 0.6) is 0 Å². The van der Waals surface area contributed by atoms with Gasteiger partial charge >= 0.3 is 6.18 Å². The second-order valence-corrected chi connectivity index (χ2v) is 6.40. The molecule has 0 fully saturated rings. The Hall–Kier alpha value is -2.45. The molecule has 0 aliphatic rings. The summed E-state index contributed by atoms with van der Waals surface area (Å²) in [5.74, 6) is -1.50. The highest BCUT2D eigenvalue weighted by atomic mass is 35.5. The SMILES string of the molecule is Fc1c(Cl)cc(C=NNc2nc(-c3ccccc3)cs2)cc1C(F)(F)F. The van der Waals surface area contributed by atoms with Gasteiger partial charge in [-0.2, -0.15) is 18.3 Å². The predicted octanol–water partition coefficient (Wildman–Crippen LogP) is 6.07. The van der Waals surface area contributed by atoms with Gasteiger partial charge in [-0.3, -0.25) is 5.43 Å². The Balaban J connectivity index is 1.75. The fourth-order valence-electron chi connectivity index (χ4n) is 2.12. The molecule has 0 spiro atoms. The van der Waals surface area contributed by atoms with E-state index in [0.717, 1.165) is 23.5 Å². The maximum atomic E-state index is 13.5. The fraction of sp³-hybridized carbons (Fsp3) is 0.0588. The molecule has 1 heterocycles. The number of alkyl halides is 3. The number of thiazole rings is 1. The van der Waals surface area contributed by atoms with Crippen molar-refractivity contribution in [1.29, 1.82) is 0 Å². The van der Waals surface area contributed by atoms with Crippen LogP contribution in [0.15, 0.2) is 52.9 Å². The minimum Gasteiger partial charge on any atom is -0.253 e. The van der Waals surface area contributed by atoms with Crippen molar-refractivity contribution in [3.05, 3.63) is 69.8 Å². The largest absolute Gasteiger partial charge is 0.419 e. The average molecular weight is 400 g/mol. The second-order valence-electron chi connectivity index (χ2n) is 5.14. The minimum absolute atomic E-state index is 0.0102. The maximum absolute atomic E-state index is 13.5. The van der Waals surface area contributed by atoms with E-state index in [0.29, 0.717) is 11.2 Å². The van der Waals surface area contributed by atoms with E-state index < -0.39 is 22.6 Å². The van der Waals surface area contributed by atoms with Crippen LogP contribution >= 0.6 is 22.9 Å². The zero-order valence-electron chi connectivity index (χ0n) is 12.9. The van der Waals surface area contributed by atoms with E-state index in [4.69, 9.17) is 11.6 Å². The lowest BCUT2D eigenvalue weighted by atomic mass is 10.1. The lowest BCUT2D eigenvalue weighted by molar-refractivity contribution is -0.140. The zero-order valence-corrected chi connectivity index (χ0v) is 14.5. The first kappa shape index (κ1) is 18.3. The van der Waals surface area contributed by atoms with Gasteiger partial charge in [-0.25, -0.2) is 9.37 Å². The van der Waals surface area contributed by atoms with Gasteiger partial charge in [0.1, 0.15) is 0 Å². The molecule has 0 saturated heterocycles. The summed E-state index contributed by atoms with van der Waals surface area (Å²) in [5, 5.41) is 5.50. The number of nitrogens with zero attached hydrogens (tertiary/aromatic N) is 2. The van der Waals surface area contributed by atoms with Crippen molar-refractivity contribution in [2.24, 2.45) is 5.10 Å². The van der Waals surface area contributed by atoms with Crippen LogP contribution in [-0.2, 0) is 6.18 Å². The normalized spacial score (nSPS) is 11.9. The van der Waals surface area contributed by atoms with Gasteiger partial charge in [-0.1, -0.05) is 41.9 Å². The molecule has 0 aliphatic heterocycles. The third-order valence-electron chi connectivity index (χ3n) is 3.30. The Morgan fingerprint density at radius 2 is 1.88 bits per heavy atom. The average Bonchev–Trinajstić information content (AvgIpc) is 3.06. The summed E-state index contributed by atoms with van der Waals surface area (Å²) < 4.78 is 51.9. The Morgan fingerprint density at radius 3 is 2.58 bits per heavy atom. The Kier molecular flexibility index (Phi) is 5.24. The van der Waals surface area contributed by atoms with Gasteiger partial charge in [-0.15, -0.1) is 11.3 Å². The van der Waals surface area contributed by atoms with E-state index >= 15 is 0 Å². The van der Waals surface area contributed by atoms with Gasteiger partial charge in [0.15, 0.2) is 5.82 Å². The van der Waals surface area contributed by atoms with E-state index in [1.807, 2.05) is 35.7 Å². The Morgan fingerprint density at radius 1 is 1.15 bits per heavy atom. The molecular weight excluding hydrogens is 390 g/mol. The van der Waals surface area contributed by atoms with Crippen molar-refractivity contribution in [1.82, 2.24) is 4.98 Å². The molecule has 0 atom stereocenters. The van der Waals surface area contributed by atoms with Gasteiger partial charge < -0.3 is 0 Å². The molecule has 3 aromatic rings. The molecule has 0 radical (unpaired) electrons. The molecule has 0 aliphatic carbocycles. The third-order valence-corrected chi connectivity index (χ3v) is 4.33. The number of hydrazone groups is 1. The highest BCUT2D eigenvalue weighted by Gasteiger charge is 2.35. The topological polar surface area (TPSA) is 37.3 Å². The smallest absolute Gasteiger partial charge is 0.253 e. The van der Waals surface area contributed by atoms with Gasteiger partial charge in [-0.05, 0) is 17.7 Å². The fourth-order valence-corrected chi connectivity index (χ4v) is 3.02. The first-order chi connectivity index (χ1) is 12.3. The van der Waals surface area contributed by atoms with Crippen LogP contribution in [0.25, 0.3) is 11.3 Å². The number of hydrogen-bond acceptors (Lipinski definition) is 4. The molecule has 2 aromatic carbocycles. The van der Waals surface area contributed by atoms with E-state index in [-0.39, 0.29) is 5.56 Å². The number of anilines is 1. The molecule has 0 bridgehead atoms. The maximum Gasteiger partial charge on any atom is 0.419 e. The molecule has 0 unspecified atom stereocenters. The number of aromatic nitrogens is 1. The minimum atomic E-state index is -4.84. The van der Waals surface area contributed by atoms with Crippen LogP contribution in [0.2, 0.25) is 5.02 Å². The van der Waals surface area contributed by atoms with Crippen molar-refractivity contribution in [2.45, 2.75) is 6.18 Å². The van der Waals surface area contributed by atoms with E-state index in [9.17, 15) is 17.6 Å². The quantitative estimate of drug-likeness (QED) is 0.328. The van der Waals surface area contributed by atoms with Crippen molar-refractivity contribution in [3.8, 4) is 11.3 Å². The highest BCUT2D eigenvalue weighted by Crippen LogP contribution is 2.34. The van der Waals surface area contributed by atoms with Gasteiger partial charge in [0.05, 0.1) is 22.5 Å². The van der Waals surface area contributed by atoms with Crippen molar-refractivity contribution in [2.75, 3.05) is 5.43 Å². The molecule has 0 saturated carbocycles. The third kappa shape index (κ3) is 4.20. The summed E-state index contributed by atoms with van der Waals surface area (Å²) in [6.07, 6.45) is -3.73. The standard InChI is InChI=1S/C17H10ClF4N3S/c18-13-7-10(6-12(15(13)19)17(20,21)22)8-23-25-16-24-14(9-26-16)11-4-2-1-3-5-11/h1-9H,(H,24,25). The van der Waals surface area contributed by atoms with Crippen LogP contribution < -0.4 is 5.43 Å². The van der Waals surface area contributed by atoms with E-state index in [2.05, 4.69) is 15.5 Å². The highest BCUT2D eigenvalue weighted by molar-refractivity contribution is 7.14. The molecule has 1 aromatic heterocycles. The molecule has 3 nitrogen and oxygen atoms in total. The molecular formula is C17H10ClF4N3S. The molecule has 26 heavy (non-hydrogen) atoms. The number of hydrogen-bond donors (Lipinski definition) is 1. The molecule has 9 heteroatoms. The zero-order chi connectivity index (χ0) is 18.7. The number of nitrogens with one attached hydrogen (secondary N) is 1. The Bertz CT molecular complexity index is 939.